The lowest BCUT2D eigenvalue weighted by Gasteiger charge is -2.21. The smallest absolute Gasteiger partial charge is 0.462 e. The molecule has 19 heteroatoms. The van der Waals surface area contributed by atoms with Gasteiger partial charge in [0.2, 0.25) is 0 Å². The lowest BCUT2D eigenvalue weighted by Crippen LogP contribution is -2.30. The summed E-state index contributed by atoms with van der Waals surface area (Å²) >= 11 is 0. The maximum atomic E-state index is 13.1. The third kappa shape index (κ3) is 74.1. The van der Waals surface area contributed by atoms with E-state index in [0.717, 1.165) is 115 Å². The Bertz CT molecular complexity index is 1910. The number of aliphatic hydroxyl groups is 1. The van der Waals surface area contributed by atoms with Crippen LogP contribution in [-0.4, -0.2) is 96.7 Å². The van der Waals surface area contributed by atoms with E-state index >= 15 is 0 Å². The molecule has 3 N–H and O–H groups in total. The molecule has 2 unspecified atom stereocenters. The zero-order chi connectivity index (χ0) is 72.8. The molecule has 0 rings (SSSR count). The second kappa shape index (κ2) is 71.7. The van der Waals surface area contributed by atoms with Crippen molar-refractivity contribution in [3.63, 3.8) is 0 Å². The summed E-state index contributed by atoms with van der Waals surface area (Å²) in [5, 5.41) is 10.6. The average molecular weight is 1450 g/mol. The van der Waals surface area contributed by atoms with Gasteiger partial charge in [-0.15, -0.1) is 0 Å². The fourth-order valence-corrected chi connectivity index (χ4v) is 13.9. The van der Waals surface area contributed by atoms with Gasteiger partial charge in [-0.2, -0.15) is 0 Å². The van der Waals surface area contributed by atoms with Crippen LogP contribution < -0.4 is 0 Å². The summed E-state index contributed by atoms with van der Waals surface area (Å²) in [5.41, 5.74) is 0. The van der Waals surface area contributed by atoms with Crippen LogP contribution >= 0.6 is 15.6 Å². The highest BCUT2D eigenvalue weighted by Crippen LogP contribution is 2.45. The third-order valence-electron chi connectivity index (χ3n) is 18.7. The molecule has 0 bridgehead atoms. The summed E-state index contributed by atoms with van der Waals surface area (Å²) in [4.78, 5) is 72.9. The van der Waals surface area contributed by atoms with E-state index in [0.29, 0.717) is 25.7 Å². The van der Waals surface area contributed by atoms with Crippen molar-refractivity contribution < 1.29 is 80.2 Å². The number of hydrogen-bond acceptors (Lipinski definition) is 15. The third-order valence-corrected chi connectivity index (χ3v) is 20.6. The summed E-state index contributed by atoms with van der Waals surface area (Å²) in [5.74, 6) is -0.524. The van der Waals surface area contributed by atoms with E-state index in [2.05, 4.69) is 41.5 Å². The minimum atomic E-state index is -4.96. The first kappa shape index (κ1) is 97.1. The predicted molar refractivity (Wildman–Crippen MR) is 405 cm³/mol. The van der Waals surface area contributed by atoms with Crippen LogP contribution in [0.4, 0.5) is 0 Å². The Morgan fingerprint density at radius 2 is 0.465 bits per heavy atom. The first-order valence-corrected chi connectivity index (χ1v) is 44.5. The standard InChI is InChI=1S/C80H156O17P2/c1-7-9-11-13-15-16-17-18-19-20-21-24-29-34-39-45-51-57-63-78(83)91-69-76(97-80(85)64-58-52-46-40-35-30-25-22-23-27-32-37-43-48-54-60-72(3)4)71-95-99(88,89)93-67-74(81)66-92-98(86,87)94-70-75(68-90-77(82)62-56-50-42-14-12-10-8-2)96-79(84)65-59-53-47-41-36-31-26-28-33-38-44-49-55-61-73(5)6/h72-76,81H,7-71H2,1-6H3,(H,86,87)(H,88,89)/t74-,75+,76+/m0/s1. The molecule has 5 atom stereocenters. The molecule has 0 saturated heterocycles. The van der Waals surface area contributed by atoms with E-state index in [-0.39, 0.29) is 25.7 Å². The normalized spacial score (nSPS) is 13.9. The number of phosphoric ester groups is 2. The Morgan fingerprint density at radius 1 is 0.273 bits per heavy atom. The molecule has 0 aliphatic rings. The van der Waals surface area contributed by atoms with Gasteiger partial charge in [0.25, 0.3) is 0 Å². The molecular formula is C80H156O17P2. The quantitative estimate of drug-likeness (QED) is 0.0222. The molecule has 0 aromatic carbocycles. The molecule has 0 amide bonds. The number of hydrogen-bond donors (Lipinski definition) is 3. The van der Waals surface area contributed by atoms with Gasteiger partial charge in [-0.05, 0) is 37.5 Å². The van der Waals surface area contributed by atoms with Crippen molar-refractivity contribution in [1.29, 1.82) is 0 Å². The van der Waals surface area contributed by atoms with Crippen LogP contribution in [0, 0.1) is 11.8 Å². The Morgan fingerprint density at radius 3 is 0.687 bits per heavy atom. The first-order valence-electron chi connectivity index (χ1n) is 41.5. The van der Waals surface area contributed by atoms with E-state index in [9.17, 15) is 43.2 Å². The topological polar surface area (TPSA) is 237 Å². The number of phosphoric acid groups is 2. The number of unbranched alkanes of at least 4 members (excludes halogenated alkanes) is 49. The molecule has 0 aliphatic heterocycles. The van der Waals surface area contributed by atoms with Crippen LogP contribution in [0.25, 0.3) is 0 Å². The van der Waals surface area contributed by atoms with Crippen LogP contribution in [-0.2, 0) is 65.4 Å². The van der Waals surface area contributed by atoms with Crippen molar-refractivity contribution in [3.8, 4) is 0 Å². The van der Waals surface area contributed by atoms with Crippen molar-refractivity contribution in [2.24, 2.45) is 11.8 Å². The lowest BCUT2D eigenvalue weighted by molar-refractivity contribution is -0.161. The molecule has 0 aromatic heterocycles. The molecule has 0 spiro atoms. The number of carbonyl (C=O) groups is 4. The summed E-state index contributed by atoms with van der Waals surface area (Å²) in [6, 6.07) is 0. The maximum absolute atomic E-state index is 13.1. The van der Waals surface area contributed by atoms with E-state index in [1.807, 2.05) is 0 Å². The minimum absolute atomic E-state index is 0.107. The fraction of sp³-hybridized carbons (Fsp3) is 0.950. The predicted octanol–water partition coefficient (Wildman–Crippen LogP) is 23.9. The van der Waals surface area contributed by atoms with E-state index in [1.165, 1.54) is 225 Å². The molecule has 0 heterocycles. The van der Waals surface area contributed by atoms with Gasteiger partial charge in [-0.25, -0.2) is 9.13 Å². The van der Waals surface area contributed by atoms with Gasteiger partial charge in [0.05, 0.1) is 26.4 Å². The molecule has 17 nitrogen and oxygen atoms in total. The average Bonchev–Trinajstić information content (AvgIpc) is 1.05. The van der Waals surface area contributed by atoms with Gasteiger partial charge in [0.15, 0.2) is 12.2 Å². The van der Waals surface area contributed by atoms with Crippen molar-refractivity contribution in [3.05, 3.63) is 0 Å². The van der Waals surface area contributed by atoms with Gasteiger partial charge < -0.3 is 33.8 Å². The Kier molecular flexibility index (Phi) is 70.3. The van der Waals surface area contributed by atoms with Crippen molar-refractivity contribution in [1.82, 2.24) is 0 Å². The number of ether oxygens (including phenoxy) is 4. The maximum Gasteiger partial charge on any atom is 0.472 e. The van der Waals surface area contributed by atoms with Crippen LogP contribution in [0.15, 0.2) is 0 Å². The van der Waals surface area contributed by atoms with E-state index < -0.39 is 97.5 Å². The highest BCUT2D eigenvalue weighted by molar-refractivity contribution is 7.47. The summed E-state index contributed by atoms with van der Waals surface area (Å²) in [6.45, 7) is 9.63. The Labute approximate surface area is 607 Å². The Hall–Kier alpha value is -1.94. The summed E-state index contributed by atoms with van der Waals surface area (Å²) < 4.78 is 68.6. The van der Waals surface area contributed by atoms with Gasteiger partial charge >= 0.3 is 39.5 Å². The van der Waals surface area contributed by atoms with Crippen LogP contribution in [0.2, 0.25) is 0 Å². The minimum Gasteiger partial charge on any atom is -0.462 e. The lowest BCUT2D eigenvalue weighted by atomic mass is 10.0. The molecule has 0 aliphatic carbocycles. The van der Waals surface area contributed by atoms with Crippen molar-refractivity contribution >= 4 is 39.5 Å². The van der Waals surface area contributed by atoms with E-state index in [4.69, 9.17) is 37.0 Å². The summed E-state index contributed by atoms with van der Waals surface area (Å²) in [6.07, 6.45) is 61.2. The zero-order valence-corrected chi connectivity index (χ0v) is 66.6. The number of carbonyl (C=O) groups excluding carboxylic acids is 4. The monoisotopic (exact) mass is 1450 g/mol. The highest BCUT2D eigenvalue weighted by Gasteiger charge is 2.30. The second-order valence-electron chi connectivity index (χ2n) is 29.8. The van der Waals surface area contributed by atoms with Crippen LogP contribution in [0.5, 0.6) is 0 Å². The number of esters is 4. The Balaban J connectivity index is 5.18. The molecule has 588 valence electrons. The SMILES string of the molecule is CCCCCCCCCCCCCCCCCCCCC(=O)OC[C@H](COP(=O)(O)OC[C@@H](O)COP(=O)(O)OC[C@@H](COC(=O)CCCCCCCCC)OC(=O)CCCCCCCCCCCCCCCC(C)C)OC(=O)CCCCCCCCCCCCCCCCCC(C)C. The van der Waals surface area contributed by atoms with Gasteiger partial charge in [0.1, 0.15) is 19.3 Å². The number of aliphatic hydroxyl groups excluding tert-OH is 1. The second-order valence-corrected chi connectivity index (χ2v) is 32.7. The van der Waals surface area contributed by atoms with Gasteiger partial charge in [-0.3, -0.25) is 37.3 Å². The van der Waals surface area contributed by atoms with Gasteiger partial charge in [0, 0.05) is 25.7 Å². The largest absolute Gasteiger partial charge is 0.472 e. The van der Waals surface area contributed by atoms with Gasteiger partial charge in [-0.1, -0.05) is 369 Å². The molecule has 0 aromatic rings. The summed E-state index contributed by atoms with van der Waals surface area (Å²) in [7, 11) is -9.91. The molecule has 0 saturated carbocycles. The van der Waals surface area contributed by atoms with Crippen LogP contribution in [0.3, 0.4) is 0 Å². The highest BCUT2D eigenvalue weighted by atomic mass is 31.2. The number of rotatable bonds is 79. The van der Waals surface area contributed by atoms with Crippen LogP contribution in [0.1, 0.15) is 420 Å². The fourth-order valence-electron chi connectivity index (χ4n) is 12.4. The molecule has 99 heavy (non-hydrogen) atoms. The molecule has 0 radical (unpaired) electrons. The van der Waals surface area contributed by atoms with Crippen molar-refractivity contribution in [2.75, 3.05) is 39.6 Å². The zero-order valence-electron chi connectivity index (χ0n) is 64.8. The van der Waals surface area contributed by atoms with Crippen molar-refractivity contribution in [2.45, 2.75) is 439 Å². The first-order chi connectivity index (χ1) is 47.9. The van der Waals surface area contributed by atoms with E-state index in [1.54, 1.807) is 0 Å². The molecular weight excluding hydrogens is 1290 g/mol. The molecule has 0 fully saturated rings.